The van der Waals surface area contributed by atoms with Crippen molar-refractivity contribution in [2.75, 3.05) is 44.2 Å². The molecule has 0 atom stereocenters. The number of nitrogens with two attached hydrogens (primary N) is 1. The molecule has 1 aliphatic heterocycles. The van der Waals surface area contributed by atoms with Crippen LogP contribution >= 0.6 is 0 Å². The van der Waals surface area contributed by atoms with E-state index in [2.05, 4.69) is 47.1 Å². The van der Waals surface area contributed by atoms with Crippen LogP contribution < -0.4 is 15.4 Å². The normalized spacial score (nSPS) is 14.9. The SMILES string of the molecule is CCN1CCN(c2nc(-c3ccc(OCC(N)=O)cc3)cc3ccccc23)CC1. The summed E-state index contributed by atoms with van der Waals surface area (Å²) in [5.41, 5.74) is 7.08. The number of ether oxygens (including phenoxy) is 1. The summed E-state index contributed by atoms with van der Waals surface area (Å²) in [5.74, 6) is 1.17. The molecule has 0 saturated carbocycles. The summed E-state index contributed by atoms with van der Waals surface area (Å²) >= 11 is 0. The quantitative estimate of drug-likeness (QED) is 0.701. The van der Waals surface area contributed by atoms with Gasteiger partial charge in [0.25, 0.3) is 5.91 Å². The van der Waals surface area contributed by atoms with Crippen LogP contribution in [0, 0.1) is 0 Å². The molecule has 4 rings (SSSR count). The largest absolute Gasteiger partial charge is 0.484 e. The van der Waals surface area contributed by atoms with E-state index in [0.29, 0.717) is 5.75 Å². The van der Waals surface area contributed by atoms with Crippen LogP contribution in [0.15, 0.2) is 54.6 Å². The fraction of sp³-hybridized carbons (Fsp3) is 0.304. The number of nitrogens with zero attached hydrogens (tertiary/aromatic N) is 3. The number of hydrogen-bond acceptors (Lipinski definition) is 5. The lowest BCUT2D eigenvalue weighted by atomic mass is 10.1. The van der Waals surface area contributed by atoms with Gasteiger partial charge in [-0.15, -0.1) is 0 Å². The van der Waals surface area contributed by atoms with Gasteiger partial charge in [0, 0.05) is 37.1 Å². The number of likely N-dealkylation sites (N-methyl/N-ethyl adjacent to an activating group) is 1. The van der Waals surface area contributed by atoms with E-state index in [1.54, 1.807) is 0 Å². The predicted octanol–water partition coefficient (Wildman–Crippen LogP) is 2.91. The van der Waals surface area contributed by atoms with Crippen LogP contribution in [0.4, 0.5) is 5.82 Å². The molecule has 150 valence electrons. The van der Waals surface area contributed by atoms with E-state index >= 15 is 0 Å². The maximum atomic E-state index is 10.9. The standard InChI is InChI=1S/C23H26N4O2/c1-2-26-11-13-27(14-12-26)23-20-6-4-3-5-18(20)15-21(25-23)17-7-9-19(10-8-17)29-16-22(24)28/h3-10,15H,2,11-14,16H2,1H3,(H2,24,28). The molecule has 1 fully saturated rings. The van der Waals surface area contributed by atoms with E-state index in [-0.39, 0.29) is 6.61 Å². The summed E-state index contributed by atoms with van der Waals surface area (Å²) < 4.78 is 5.36. The fourth-order valence-corrected chi connectivity index (χ4v) is 3.72. The first kappa shape index (κ1) is 19.2. The highest BCUT2D eigenvalue weighted by molar-refractivity contribution is 5.95. The van der Waals surface area contributed by atoms with Crippen molar-refractivity contribution in [3.05, 3.63) is 54.6 Å². The number of piperazine rings is 1. The molecule has 0 aliphatic carbocycles. The lowest BCUT2D eigenvalue weighted by Crippen LogP contribution is -2.46. The Balaban J connectivity index is 1.66. The first-order valence-corrected chi connectivity index (χ1v) is 10.0. The zero-order chi connectivity index (χ0) is 20.2. The molecule has 3 aromatic rings. The Hall–Kier alpha value is -3.12. The minimum absolute atomic E-state index is 0.124. The topological polar surface area (TPSA) is 71.7 Å². The molecule has 6 nitrogen and oxygen atoms in total. The van der Waals surface area contributed by atoms with Crippen LogP contribution in [0.3, 0.4) is 0 Å². The highest BCUT2D eigenvalue weighted by atomic mass is 16.5. The number of pyridine rings is 1. The average Bonchev–Trinajstić information content (AvgIpc) is 2.77. The molecular weight excluding hydrogens is 364 g/mol. The number of hydrogen-bond donors (Lipinski definition) is 1. The van der Waals surface area contributed by atoms with E-state index in [1.165, 1.54) is 10.8 Å². The summed E-state index contributed by atoms with van der Waals surface area (Å²) in [4.78, 5) is 20.8. The van der Waals surface area contributed by atoms with Gasteiger partial charge in [0.15, 0.2) is 6.61 Å². The minimum Gasteiger partial charge on any atom is -0.484 e. The predicted molar refractivity (Wildman–Crippen MR) is 116 cm³/mol. The Morgan fingerprint density at radius 2 is 1.79 bits per heavy atom. The number of anilines is 1. The molecule has 6 heteroatoms. The van der Waals surface area contributed by atoms with E-state index in [4.69, 9.17) is 15.5 Å². The molecule has 0 spiro atoms. The van der Waals surface area contributed by atoms with E-state index < -0.39 is 5.91 Å². The molecule has 29 heavy (non-hydrogen) atoms. The monoisotopic (exact) mass is 390 g/mol. The van der Waals surface area contributed by atoms with Crippen molar-refractivity contribution in [1.29, 1.82) is 0 Å². The number of aromatic nitrogens is 1. The first-order chi connectivity index (χ1) is 14.1. The Kier molecular flexibility index (Phi) is 5.62. The van der Waals surface area contributed by atoms with E-state index in [0.717, 1.165) is 49.8 Å². The van der Waals surface area contributed by atoms with Gasteiger partial charge in [0.1, 0.15) is 11.6 Å². The smallest absolute Gasteiger partial charge is 0.255 e. The van der Waals surface area contributed by atoms with Crippen LogP contribution in [0.1, 0.15) is 6.92 Å². The fourth-order valence-electron chi connectivity index (χ4n) is 3.72. The second-order valence-corrected chi connectivity index (χ2v) is 7.25. The highest BCUT2D eigenvalue weighted by Crippen LogP contribution is 2.31. The Morgan fingerprint density at radius 1 is 1.07 bits per heavy atom. The molecule has 1 amide bonds. The van der Waals surface area contributed by atoms with Gasteiger partial charge in [-0.25, -0.2) is 4.98 Å². The summed E-state index contributed by atoms with van der Waals surface area (Å²) in [6.07, 6.45) is 0. The maximum Gasteiger partial charge on any atom is 0.255 e. The van der Waals surface area contributed by atoms with Crippen LogP contribution in [-0.4, -0.2) is 55.1 Å². The Morgan fingerprint density at radius 3 is 2.48 bits per heavy atom. The lowest BCUT2D eigenvalue weighted by molar-refractivity contribution is -0.119. The van der Waals surface area contributed by atoms with Crippen LogP contribution in [0.25, 0.3) is 22.0 Å². The molecule has 0 unspecified atom stereocenters. The average molecular weight is 390 g/mol. The molecule has 2 heterocycles. The molecule has 2 N–H and O–H groups in total. The van der Waals surface area contributed by atoms with Gasteiger partial charge in [-0.2, -0.15) is 0 Å². The number of fused-ring (bicyclic) bond motifs is 1. The number of rotatable bonds is 6. The van der Waals surface area contributed by atoms with Gasteiger partial charge in [0.2, 0.25) is 0 Å². The number of amides is 1. The van der Waals surface area contributed by atoms with Gasteiger partial charge >= 0.3 is 0 Å². The van der Waals surface area contributed by atoms with Gasteiger partial charge < -0.3 is 20.3 Å². The second kappa shape index (κ2) is 8.49. The Bertz CT molecular complexity index is 995. The molecule has 1 saturated heterocycles. The van der Waals surface area contributed by atoms with Crippen molar-refractivity contribution in [3.8, 4) is 17.0 Å². The number of carbonyl (C=O) groups is 1. The first-order valence-electron chi connectivity index (χ1n) is 10.0. The second-order valence-electron chi connectivity index (χ2n) is 7.25. The number of carbonyl (C=O) groups excluding carboxylic acids is 1. The summed E-state index contributed by atoms with van der Waals surface area (Å²) in [7, 11) is 0. The van der Waals surface area contributed by atoms with Crippen molar-refractivity contribution in [2.45, 2.75) is 6.92 Å². The molecule has 1 aliphatic rings. The molecule has 1 aromatic heterocycles. The van der Waals surface area contributed by atoms with Crippen molar-refractivity contribution >= 4 is 22.5 Å². The minimum atomic E-state index is -0.488. The maximum absolute atomic E-state index is 10.9. The Labute approximate surface area is 170 Å². The lowest BCUT2D eigenvalue weighted by Gasteiger charge is -2.35. The molecule has 0 radical (unpaired) electrons. The summed E-state index contributed by atoms with van der Waals surface area (Å²) in [6, 6.07) is 18.2. The van der Waals surface area contributed by atoms with Crippen LogP contribution in [-0.2, 0) is 4.79 Å². The number of primary amides is 1. The van der Waals surface area contributed by atoms with Gasteiger partial charge in [-0.1, -0.05) is 31.2 Å². The highest BCUT2D eigenvalue weighted by Gasteiger charge is 2.19. The van der Waals surface area contributed by atoms with Crippen molar-refractivity contribution in [1.82, 2.24) is 9.88 Å². The zero-order valence-corrected chi connectivity index (χ0v) is 16.7. The third kappa shape index (κ3) is 4.32. The number of benzene rings is 2. The third-order valence-electron chi connectivity index (χ3n) is 5.37. The van der Waals surface area contributed by atoms with E-state index in [9.17, 15) is 4.79 Å². The summed E-state index contributed by atoms with van der Waals surface area (Å²) in [5, 5.41) is 2.36. The molecular formula is C23H26N4O2. The van der Waals surface area contributed by atoms with Crippen LogP contribution in [0.5, 0.6) is 5.75 Å². The molecule has 2 aromatic carbocycles. The van der Waals surface area contributed by atoms with Gasteiger partial charge in [0.05, 0.1) is 5.69 Å². The summed E-state index contributed by atoms with van der Waals surface area (Å²) in [6.45, 7) is 7.25. The van der Waals surface area contributed by atoms with E-state index in [1.807, 2.05) is 24.3 Å². The van der Waals surface area contributed by atoms with Crippen LogP contribution in [0.2, 0.25) is 0 Å². The van der Waals surface area contributed by atoms with Crippen molar-refractivity contribution in [3.63, 3.8) is 0 Å². The third-order valence-corrected chi connectivity index (χ3v) is 5.37. The van der Waals surface area contributed by atoms with Gasteiger partial charge in [-0.3, -0.25) is 4.79 Å². The van der Waals surface area contributed by atoms with Crippen molar-refractivity contribution < 1.29 is 9.53 Å². The van der Waals surface area contributed by atoms with Crippen molar-refractivity contribution in [2.24, 2.45) is 5.73 Å². The zero-order valence-electron chi connectivity index (χ0n) is 16.7. The molecule has 0 bridgehead atoms. The van der Waals surface area contributed by atoms with Gasteiger partial charge in [-0.05, 0) is 42.3 Å².